The van der Waals surface area contributed by atoms with Gasteiger partial charge in [-0.15, -0.1) is 0 Å². The summed E-state index contributed by atoms with van der Waals surface area (Å²) >= 11 is 0. The molecule has 2 aromatic heterocycles. The van der Waals surface area contributed by atoms with Gasteiger partial charge in [0, 0.05) is 45.3 Å². The van der Waals surface area contributed by atoms with Gasteiger partial charge >= 0.3 is 0 Å². The lowest BCUT2D eigenvalue weighted by atomic mass is 10.2. The van der Waals surface area contributed by atoms with Gasteiger partial charge in [-0.3, -0.25) is 4.79 Å². The second-order valence-electron chi connectivity index (χ2n) is 7.82. The molecule has 1 aliphatic carbocycles. The van der Waals surface area contributed by atoms with Gasteiger partial charge in [0.2, 0.25) is 0 Å². The van der Waals surface area contributed by atoms with Crippen molar-refractivity contribution in [3.05, 3.63) is 41.7 Å². The minimum absolute atomic E-state index is 0.0327. The Kier molecular flexibility index (Phi) is 5.11. The molecule has 2 aliphatic rings. The normalized spacial score (nSPS) is 17.6. The monoisotopic (exact) mass is 369 g/mol. The van der Waals surface area contributed by atoms with E-state index in [0.717, 1.165) is 31.9 Å². The number of oxazole rings is 1. The highest BCUT2D eigenvalue weighted by atomic mass is 16.3. The van der Waals surface area contributed by atoms with Crippen LogP contribution in [0.1, 0.15) is 34.8 Å². The van der Waals surface area contributed by atoms with Gasteiger partial charge in [0.15, 0.2) is 11.6 Å². The van der Waals surface area contributed by atoms with Crippen LogP contribution in [0.15, 0.2) is 29.0 Å². The molecule has 4 rings (SSSR count). The zero-order valence-corrected chi connectivity index (χ0v) is 16.1. The third-order valence-corrected chi connectivity index (χ3v) is 5.13. The first kappa shape index (κ1) is 18.0. The molecule has 144 valence electrons. The first-order chi connectivity index (χ1) is 13.1. The summed E-state index contributed by atoms with van der Waals surface area (Å²) in [5.74, 6) is 2.33. The lowest BCUT2D eigenvalue weighted by Crippen LogP contribution is -2.49. The van der Waals surface area contributed by atoms with E-state index in [9.17, 15) is 4.79 Å². The highest BCUT2D eigenvalue weighted by Crippen LogP contribution is 2.32. The van der Waals surface area contributed by atoms with Crippen LogP contribution in [0.5, 0.6) is 0 Å². The largest absolute Gasteiger partial charge is 0.448 e. The number of hydrogen-bond donors (Lipinski definition) is 0. The zero-order valence-electron chi connectivity index (χ0n) is 16.1. The van der Waals surface area contributed by atoms with Gasteiger partial charge in [0.1, 0.15) is 12.1 Å². The first-order valence-corrected chi connectivity index (χ1v) is 9.67. The van der Waals surface area contributed by atoms with E-state index in [2.05, 4.69) is 31.9 Å². The van der Waals surface area contributed by atoms with Gasteiger partial charge in [-0.2, -0.15) is 0 Å². The van der Waals surface area contributed by atoms with Gasteiger partial charge in [0.05, 0.1) is 0 Å². The summed E-state index contributed by atoms with van der Waals surface area (Å²) < 4.78 is 5.47. The van der Waals surface area contributed by atoms with Crippen LogP contribution in [0.3, 0.4) is 0 Å². The van der Waals surface area contributed by atoms with Gasteiger partial charge in [-0.1, -0.05) is 6.07 Å². The second-order valence-corrected chi connectivity index (χ2v) is 7.82. The summed E-state index contributed by atoms with van der Waals surface area (Å²) in [5.41, 5.74) is 1.64. The van der Waals surface area contributed by atoms with Crippen molar-refractivity contribution in [2.45, 2.75) is 25.8 Å². The number of pyridine rings is 1. The number of nitrogens with zero attached hydrogens (tertiary/aromatic N) is 5. The lowest BCUT2D eigenvalue weighted by Gasteiger charge is -2.35. The number of carbonyl (C=O) groups is 1. The van der Waals surface area contributed by atoms with Crippen LogP contribution < -0.4 is 4.90 Å². The molecule has 2 fully saturated rings. The van der Waals surface area contributed by atoms with Crippen molar-refractivity contribution in [3.63, 3.8) is 0 Å². The number of piperazine rings is 1. The quantitative estimate of drug-likeness (QED) is 0.776. The predicted octanol–water partition coefficient (Wildman–Crippen LogP) is 2.05. The minimum atomic E-state index is -0.0327. The summed E-state index contributed by atoms with van der Waals surface area (Å²) in [6.45, 7) is 3.78. The van der Waals surface area contributed by atoms with E-state index in [0.29, 0.717) is 30.6 Å². The number of carbonyl (C=O) groups excluding carboxylic acids is 1. The van der Waals surface area contributed by atoms with Crippen LogP contribution >= 0.6 is 0 Å². The fourth-order valence-corrected chi connectivity index (χ4v) is 3.43. The average Bonchev–Trinajstić information content (AvgIpc) is 3.36. The SMILES string of the molecule is CN(C)Cc1ccc(N2CCN(C(=O)c3coc(CC4CC4)n3)CC2)nc1. The van der Waals surface area contributed by atoms with Crippen molar-refractivity contribution in [2.24, 2.45) is 5.92 Å². The average molecular weight is 369 g/mol. The number of amides is 1. The van der Waals surface area contributed by atoms with Crippen LogP contribution in [-0.2, 0) is 13.0 Å². The maximum Gasteiger partial charge on any atom is 0.275 e. The van der Waals surface area contributed by atoms with Gasteiger partial charge in [-0.25, -0.2) is 9.97 Å². The Hall–Kier alpha value is -2.41. The third kappa shape index (κ3) is 4.47. The Labute approximate surface area is 160 Å². The molecular formula is C20H27N5O2. The third-order valence-electron chi connectivity index (χ3n) is 5.13. The van der Waals surface area contributed by atoms with Gasteiger partial charge in [-0.05, 0) is 44.5 Å². The van der Waals surface area contributed by atoms with Crippen LogP contribution in [0.2, 0.25) is 0 Å². The molecule has 3 heterocycles. The van der Waals surface area contributed by atoms with Crippen LogP contribution in [0, 0.1) is 5.92 Å². The van der Waals surface area contributed by atoms with E-state index in [1.165, 1.54) is 24.7 Å². The Morgan fingerprint density at radius 1 is 1.22 bits per heavy atom. The standard InChI is InChI=1S/C20H27N5O2/c1-23(2)13-16-5-6-18(21-12-16)24-7-9-25(10-8-24)20(26)17-14-27-19(22-17)11-15-3-4-15/h5-6,12,14-15H,3-4,7-11,13H2,1-2H3. The molecule has 0 radical (unpaired) electrons. The van der Waals surface area contributed by atoms with E-state index in [-0.39, 0.29) is 5.91 Å². The zero-order chi connectivity index (χ0) is 18.8. The van der Waals surface area contributed by atoms with E-state index in [4.69, 9.17) is 4.42 Å². The molecule has 1 amide bonds. The maximum absolute atomic E-state index is 12.7. The first-order valence-electron chi connectivity index (χ1n) is 9.67. The Balaban J connectivity index is 1.31. The molecule has 0 bridgehead atoms. The summed E-state index contributed by atoms with van der Waals surface area (Å²) in [4.78, 5) is 27.9. The Bertz CT molecular complexity index is 774. The molecule has 1 aliphatic heterocycles. The second kappa shape index (κ2) is 7.68. The summed E-state index contributed by atoms with van der Waals surface area (Å²) in [5, 5.41) is 0. The molecule has 7 heteroatoms. The van der Waals surface area contributed by atoms with Crippen LogP contribution in [0.25, 0.3) is 0 Å². The van der Waals surface area contributed by atoms with E-state index >= 15 is 0 Å². The highest BCUT2D eigenvalue weighted by molar-refractivity contribution is 5.92. The van der Waals surface area contributed by atoms with Crippen molar-refractivity contribution in [1.82, 2.24) is 19.8 Å². The maximum atomic E-state index is 12.7. The fourth-order valence-electron chi connectivity index (χ4n) is 3.43. The molecular weight excluding hydrogens is 342 g/mol. The summed E-state index contributed by atoms with van der Waals surface area (Å²) in [7, 11) is 4.10. The highest BCUT2D eigenvalue weighted by Gasteiger charge is 2.27. The number of hydrogen-bond acceptors (Lipinski definition) is 6. The fraction of sp³-hybridized carbons (Fsp3) is 0.550. The minimum Gasteiger partial charge on any atom is -0.448 e. The summed E-state index contributed by atoms with van der Waals surface area (Å²) in [6.07, 6.45) is 6.80. The Morgan fingerprint density at radius 3 is 2.63 bits per heavy atom. The predicted molar refractivity (Wildman–Crippen MR) is 103 cm³/mol. The van der Waals surface area contributed by atoms with E-state index < -0.39 is 0 Å². The van der Waals surface area contributed by atoms with Crippen molar-refractivity contribution in [1.29, 1.82) is 0 Å². The molecule has 0 atom stereocenters. The molecule has 7 nitrogen and oxygen atoms in total. The van der Waals surface area contributed by atoms with Crippen molar-refractivity contribution in [3.8, 4) is 0 Å². The molecule has 0 spiro atoms. The van der Waals surface area contributed by atoms with Gasteiger partial charge in [0.25, 0.3) is 5.91 Å². The van der Waals surface area contributed by atoms with Crippen molar-refractivity contribution in [2.75, 3.05) is 45.2 Å². The van der Waals surface area contributed by atoms with Crippen LogP contribution in [0.4, 0.5) is 5.82 Å². The number of anilines is 1. The van der Waals surface area contributed by atoms with E-state index in [1.54, 1.807) is 0 Å². The molecule has 1 saturated heterocycles. The van der Waals surface area contributed by atoms with Crippen LogP contribution in [-0.4, -0.2) is 65.9 Å². The van der Waals surface area contributed by atoms with Gasteiger partial charge < -0.3 is 19.1 Å². The topological polar surface area (TPSA) is 65.7 Å². The molecule has 1 saturated carbocycles. The summed E-state index contributed by atoms with van der Waals surface area (Å²) in [6, 6.07) is 4.19. The molecule has 0 N–H and O–H groups in total. The molecule has 0 unspecified atom stereocenters. The molecule has 2 aromatic rings. The molecule has 0 aromatic carbocycles. The number of rotatable bonds is 6. The Morgan fingerprint density at radius 2 is 2.00 bits per heavy atom. The molecule has 27 heavy (non-hydrogen) atoms. The number of aromatic nitrogens is 2. The van der Waals surface area contributed by atoms with E-state index in [1.807, 2.05) is 25.2 Å². The van der Waals surface area contributed by atoms with Crippen molar-refractivity contribution >= 4 is 11.7 Å². The lowest BCUT2D eigenvalue weighted by molar-refractivity contribution is 0.0740. The van der Waals surface area contributed by atoms with Crippen molar-refractivity contribution < 1.29 is 9.21 Å². The smallest absolute Gasteiger partial charge is 0.275 e.